The van der Waals surface area contributed by atoms with Gasteiger partial charge in [-0.2, -0.15) is 0 Å². The van der Waals surface area contributed by atoms with Crippen molar-refractivity contribution in [3.63, 3.8) is 0 Å². The molecule has 1 aromatic rings. The monoisotopic (exact) mass is 220 g/mol. The molecule has 1 unspecified atom stereocenters. The molecule has 0 aromatic carbocycles. The van der Waals surface area contributed by atoms with Gasteiger partial charge >= 0.3 is 0 Å². The van der Waals surface area contributed by atoms with E-state index in [1.807, 2.05) is 19.1 Å². The standard InChI is InChI=1S/C12H16N2O2/c1-4-7-13-12(15)10(3)14-8-11-6-5-9(2)16-11/h1,5-6,10,14H,7-8H2,2-3H3,(H,13,15). The summed E-state index contributed by atoms with van der Waals surface area (Å²) in [7, 11) is 0. The second kappa shape index (κ2) is 5.99. The molecule has 0 aliphatic rings. The van der Waals surface area contributed by atoms with Gasteiger partial charge in [-0.25, -0.2) is 0 Å². The summed E-state index contributed by atoms with van der Waals surface area (Å²) < 4.78 is 5.37. The fraction of sp³-hybridized carbons (Fsp3) is 0.417. The summed E-state index contributed by atoms with van der Waals surface area (Å²) in [5, 5.41) is 5.65. The molecule has 1 atom stereocenters. The van der Waals surface area contributed by atoms with Crippen LogP contribution in [-0.2, 0) is 11.3 Å². The van der Waals surface area contributed by atoms with E-state index in [0.29, 0.717) is 6.54 Å². The molecule has 2 N–H and O–H groups in total. The first-order valence-corrected chi connectivity index (χ1v) is 5.13. The molecule has 1 heterocycles. The fourth-order valence-corrected chi connectivity index (χ4v) is 1.22. The van der Waals surface area contributed by atoms with Gasteiger partial charge in [-0.1, -0.05) is 5.92 Å². The lowest BCUT2D eigenvalue weighted by Gasteiger charge is -2.11. The van der Waals surface area contributed by atoms with Crippen LogP contribution in [0.15, 0.2) is 16.5 Å². The van der Waals surface area contributed by atoms with Gasteiger partial charge in [0.25, 0.3) is 0 Å². The van der Waals surface area contributed by atoms with Crippen molar-refractivity contribution in [2.45, 2.75) is 26.4 Å². The predicted molar refractivity (Wildman–Crippen MR) is 61.6 cm³/mol. The van der Waals surface area contributed by atoms with Gasteiger partial charge in [-0.3, -0.25) is 10.1 Å². The molecule has 4 heteroatoms. The van der Waals surface area contributed by atoms with Gasteiger partial charge in [0, 0.05) is 0 Å². The van der Waals surface area contributed by atoms with Crippen molar-refractivity contribution in [2.75, 3.05) is 6.54 Å². The number of hydrogen-bond acceptors (Lipinski definition) is 3. The summed E-state index contributed by atoms with van der Waals surface area (Å²) in [6, 6.07) is 3.48. The van der Waals surface area contributed by atoms with Crippen molar-refractivity contribution in [3.8, 4) is 12.3 Å². The summed E-state index contributed by atoms with van der Waals surface area (Å²) in [6.07, 6.45) is 5.04. The molecule has 1 aromatic heterocycles. The molecule has 0 spiro atoms. The number of carbonyl (C=O) groups is 1. The maximum atomic E-state index is 11.4. The Morgan fingerprint density at radius 2 is 2.38 bits per heavy atom. The minimum Gasteiger partial charge on any atom is -0.465 e. The average Bonchev–Trinajstić information content (AvgIpc) is 2.68. The van der Waals surface area contributed by atoms with Crippen LogP contribution < -0.4 is 10.6 Å². The van der Waals surface area contributed by atoms with Crippen LogP contribution in [0.5, 0.6) is 0 Å². The van der Waals surface area contributed by atoms with Crippen LogP contribution in [0.2, 0.25) is 0 Å². The quantitative estimate of drug-likeness (QED) is 0.722. The zero-order valence-corrected chi connectivity index (χ0v) is 9.54. The highest BCUT2D eigenvalue weighted by Crippen LogP contribution is 2.05. The third kappa shape index (κ3) is 3.79. The molecule has 4 nitrogen and oxygen atoms in total. The normalized spacial score (nSPS) is 11.8. The maximum absolute atomic E-state index is 11.4. The molecule has 0 aliphatic heterocycles. The topological polar surface area (TPSA) is 54.3 Å². The van der Waals surface area contributed by atoms with Gasteiger partial charge < -0.3 is 9.73 Å². The molecule has 0 saturated carbocycles. The van der Waals surface area contributed by atoms with Crippen LogP contribution >= 0.6 is 0 Å². The largest absolute Gasteiger partial charge is 0.465 e. The number of hydrogen-bond donors (Lipinski definition) is 2. The van der Waals surface area contributed by atoms with Crippen LogP contribution in [0.4, 0.5) is 0 Å². The number of carbonyl (C=O) groups excluding carboxylic acids is 1. The van der Waals surface area contributed by atoms with E-state index in [4.69, 9.17) is 10.8 Å². The summed E-state index contributed by atoms with van der Waals surface area (Å²) in [6.45, 7) is 4.44. The lowest BCUT2D eigenvalue weighted by atomic mass is 10.3. The molecular formula is C12H16N2O2. The highest BCUT2D eigenvalue weighted by atomic mass is 16.3. The van der Waals surface area contributed by atoms with Gasteiger partial charge in [0.05, 0.1) is 19.1 Å². The summed E-state index contributed by atoms with van der Waals surface area (Å²) in [4.78, 5) is 11.4. The number of amides is 1. The Morgan fingerprint density at radius 1 is 1.62 bits per heavy atom. The molecule has 0 aliphatic carbocycles. The SMILES string of the molecule is C#CCNC(=O)C(C)NCc1ccc(C)o1. The molecule has 0 fully saturated rings. The zero-order valence-electron chi connectivity index (χ0n) is 9.54. The Labute approximate surface area is 95.4 Å². The first-order valence-electron chi connectivity index (χ1n) is 5.13. The fourth-order valence-electron chi connectivity index (χ4n) is 1.22. The van der Waals surface area contributed by atoms with Crippen molar-refractivity contribution in [1.29, 1.82) is 0 Å². The molecule has 0 saturated heterocycles. The van der Waals surface area contributed by atoms with Crippen molar-refractivity contribution in [2.24, 2.45) is 0 Å². The van der Waals surface area contributed by atoms with Crippen LogP contribution in [0.1, 0.15) is 18.4 Å². The second-order valence-electron chi connectivity index (χ2n) is 3.54. The first kappa shape index (κ1) is 12.3. The van der Waals surface area contributed by atoms with Gasteiger partial charge in [-0.15, -0.1) is 6.42 Å². The van der Waals surface area contributed by atoms with E-state index in [0.717, 1.165) is 11.5 Å². The summed E-state index contributed by atoms with van der Waals surface area (Å²) in [5.41, 5.74) is 0. The molecule has 0 bridgehead atoms. The highest BCUT2D eigenvalue weighted by molar-refractivity contribution is 5.81. The summed E-state index contributed by atoms with van der Waals surface area (Å²) in [5.74, 6) is 3.92. The Bertz CT molecular complexity index is 390. The van der Waals surface area contributed by atoms with Gasteiger partial charge in [0.15, 0.2) is 0 Å². The van der Waals surface area contributed by atoms with Crippen LogP contribution in [0, 0.1) is 19.3 Å². The first-order chi connectivity index (χ1) is 7.63. The number of terminal acetylenes is 1. The van der Waals surface area contributed by atoms with Crippen LogP contribution in [-0.4, -0.2) is 18.5 Å². The second-order valence-corrected chi connectivity index (χ2v) is 3.54. The summed E-state index contributed by atoms with van der Waals surface area (Å²) >= 11 is 0. The van der Waals surface area contributed by atoms with E-state index in [1.54, 1.807) is 6.92 Å². The van der Waals surface area contributed by atoms with E-state index < -0.39 is 0 Å². The van der Waals surface area contributed by atoms with Crippen LogP contribution in [0.25, 0.3) is 0 Å². The number of aryl methyl sites for hydroxylation is 1. The van der Waals surface area contributed by atoms with Gasteiger partial charge in [-0.05, 0) is 26.0 Å². The van der Waals surface area contributed by atoms with Crippen molar-refractivity contribution >= 4 is 5.91 Å². The number of nitrogens with one attached hydrogen (secondary N) is 2. The van der Waals surface area contributed by atoms with Crippen molar-refractivity contribution in [3.05, 3.63) is 23.7 Å². The third-order valence-electron chi connectivity index (χ3n) is 2.14. The Balaban J connectivity index is 2.32. The Hall–Kier alpha value is -1.73. The predicted octanol–water partition coefficient (Wildman–Crippen LogP) is 0.816. The molecule has 16 heavy (non-hydrogen) atoms. The van der Waals surface area contributed by atoms with Gasteiger partial charge in [0.1, 0.15) is 11.5 Å². The smallest absolute Gasteiger partial charge is 0.237 e. The Kier molecular flexibility index (Phi) is 4.62. The van der Waals surface area contributed by atoms with Crippen molar-refractivity contribution in [1.82, 2.24) is 10.6 Å². The van der Waals surface area contributed by atoms with E-state index in [1.165, 1.54) is 0 Å². The van der Waals surface area contributed by atoms with Crippen molar-refractivity contribution < 1.29 is 9.21 Å². The lowest BCUT2D eigenvalue weighted by molar-refractivity contribution is -0.122. The van der Waals surface area contributed by atoms with E-state index >= 15 is 0 Å². The molecular weight excluding hydrogens is 204 g/mol. The lowest BCUT2D eigenvalue weighted by Crippen LogP contribution is -2.41. The van der Waals surface area contributed by atoms with E-state index in [2.05, 4.69) is 16.6 Å². The minimum atomic E-state index is -0.293. The molecule has 0 radical (unpaired) electrons. The molecule has 1 amide bonds. The minimum absolute atomic E-state index is 0.110. The van der Waals surface area contributed by atoms with Gasteiger partial charge in [0.2, 0.25) is 5.91 Å². The third-order valence-corrected chi connectivity index (χ3v) is 2.14. The average molecular weight is 220 g/mol. The van der Waals surface area contributed by atoms with E-state index in [-0.39, 0.29) is 18.5 Å². The molecule has 86 valence electrons. The van der Waals surface area contributed by atoms with Crippen LogP contribution in [0.3, 0.4) is 0 Å². The zero-order chi connectivity index (χ0) is 12.0. The number of rotatable bonds is 5. The Morgan fingerprint density at radius 3 is 2.94 bits per heavy atom. The number of furan rings is 1. The van der Waals surface area contributed by atoms with E-state index in [9.17, 15) is 4.79 Å². The maximum Gasteiger partial charge on any atom is 0.237 e. The molecule has 1 rings (SSSR count). The highest BCUT2D eigenvalue weighted by Gasteiger charge is 2.11.